The minimum Gasteiger partial charge on any atom is -0.504 e. The summed E-state index contributed by atoms with van der Waals surface area (Å²) in [5, 5.41) is 11.0. The SMILES string of the molecule is C=CCc1cc(-c2nc3sc4c(c3c(=O)[nH]2)CCCC4)cc(OC)c1O. The topological polar surface area (TPSA) is 75.2 Å². The number of hydrogen-bond donors (Lipinski definition) is 2. The first-order chi connectivity index (χ1) is 12.6. The van der Waals surface area contributed by atoms with Gasteiger partial charge in [0.2, 0.25) is 0 Å². The molecule has 5 nitrogen and oxygen atoms in total. The molecule has 134 valence electrons. The van der Waals surface area contributed by atoms with Gasteiger partial charge in [0, 0.05) is 16.0 Å². The lowest BCUT2D eigenvalue weighted by Crippen LogP contribution is -2.11. The predicted molar refractivity (Wildman–Crippen MR) is 104 cm³/mol. The first kappa shape index (κ1) is 16.8. The van der Waals surface area contributed by atoms with Crippen LogP contribution in [0.1, 0.15) is 28.8 Å². The minimum atomic E-state index is -0.0956. The van der Waals surface area contributed by atoms with Crippen LogP contribution in [-0.2, 0) is 19.3 Å². The molecule has 0 amide bonds. The summed E-state index contributed by atoms with van der Waals surface area (Å²) in [5.41, 5.74) is 2.47. The fourth-order valence-corrected chi connectivity index (χ4v) is 4.83. The molecule has 2 N–H and O–H groups in total. The number of aromatic amines is 1. The van der Waals surface area contributed by atoms with Crippen molar-refractivity contribution < 1.29 is 9.84 Å². The number of ether oxygens (including phenoxy) is 1. The second-order valence-corrected chi connectivity index (χ2v) is 7.57. The van der Waals surface area contributed by atoms with Crippen molar-refractivity contribution in [2.75, 3.05) is 7.11 Å². The maximum atomic E-state index is 12.8. The Morgan fingerprint density at radius 1 is 1.38 bits per heavy atom. The summed E-state index contributed by atoms with van der Waals surface area (Å²) in [4.78, 5) is 22.5. The molecule has 1 aliphatic rings. The number of aromatic nitrogens is 2. The third-order valence-electron chi connectivity index (χ3n) is 4.84. The number of rotatable bonds is 4. The summed E-state index contributed by atoms with van der Waals surface area (Å²) >= 11 is 1.62. The first-order valence-electron chi connectivity index (χ1n) is 8.68. The van der Waals surface area contributed by atoms with Gasteiger partial charge in [-0.25, -0.2) is 4.98 Å². The molecule has 4 rings (SSSR count). The second kappa shape index (κ2) is 6.61. The second-order valence-electron chi connectivity index (χ2n) is 6.48. The Morgan fingerprint density at radius 3 is 2.96 bits per heavy atom. The van der Waals surface area contributed by atoms with Crippen LogP contribution in [0.25, 0.3) is 21.6 Å². The van der Waals surface area contributed by atoms with Crippen LogP contribution in [0.5, 0.6) is 11.5 Å². The molecule has 0 aliphatic heterocycles. The van der Waals surface area contributed by atoms with Gasteiger partial charge in [0.25, 0.3) is 5.56 Å². The molecular formula is C20H20N2O3S. The van der Waals surface area contributed by atoms with Gasteiger partial charge in [-0.05, 0) is 49.8 Å². The van der Waals surface area contributed by atoms with Crippen molar-refractivity contribution in [3.8, 4) is 22.9 Å². The smallest absolute Gasteiger partial charge is 0.260 e. The van der Waals surface area contributed by atoms with Crippen molar-refractivity contribution in [3.05, 3.63) is 51.1 Å². The number of methoxy groups -OCH3 is 1. The minimum absolute atomic E-state index is 0.0890. The molecule has 26 heavy (non-hydrogen) atoms. The number of benzene rings is 1. The molecule has 0 saturated heterocycles. The van der Waals surface area contributed by atoms with E-state index in [1.165, 1.54) is 24.0 Å². The van der Waals surface area contributed by atoms with E-state index >= 15 is 0 Å². The Morgan fingerprint density at radius 2 is 2.19 bits per heavy atom. The number of nitrogens with one attached hydrogen (secondary N) is 1. The van der Waals surface area contributed by atoms with Crippen LogP contribution in [0.3, 0.4) is 0 Å². The maximum Gasteiger partial charge on any atom is 0.260 e. The van der Waals surface area contributed by atoms with Gasteiger partial charge in [-0.3, -0.25) is 4.79 Å². The van der Waals surface area contributed by atoms with Crippen molar-refractivity contribution in [3.63, 3.8) is 0 Å². The number of phenolic OH excluding ortho intramolecular Hbond substituents is 1. The van der Waals surface area contributed by atoms with Gasteiger partial charge in [0.05, 0.1) is 12.5 Å². The van der Waals surface area contributed by atoms with Crippen LogP contribution >= 0.6 is 11.3 Å². The molecule has 1 aliphatic carbocycles. The lowest BCUT2D eigenvalue weighted by Gasteiger charge is -2.11. The van der Waals surface area contributed by atoms with Gasteiger partial charge in [-0.15, -0.1) is 17.9 Å². The number of allylic oxidation sites excluding steroid dienone is 1. The third kappa shape index (κ3) is 2.70. The Kier molecular flexibility index (Phi) is 4.28. The zero-order chi connectivity index (χ0) is 18.3. The van der Waals surface area contributed by atoms with Gasteiger partial charge in [-0.1, -0.05) is 6.08 Å². The Labute approximate surface area is 155 Å². The molecule has 0 unspecified atom stereocenters. The summed E-state index contributed by atoms with van der Waals surface area (Å²) in [6, 6.07) is 3.51. The van der Waals surface area contributed by atoms with E-state index in [2.05, 4.69) is 11.6 Å². The highest BCUT2D eigenvalue weighted by atomic mass is 32.1. The van der Waals surface area contributed by atoms with E-state index in [1.807, 2.05) is 6.07 Å². The number of aromatic hydroxyl groups is 1. The monoisotopic (exact) mass is 368 g/mol. The lowest BCUT2D eigenvalue weighted by atomic mass is 9.97. The number of aryl methyl sites for hydroxylation is 2. The summed E-state index contributed by atoms with van der Waals surface area (Å²) in [6.07, 6.45) is 6.49. The Bertz CT molecular complexity index is 1070. The van der Waals surface area contributed by atoms with Crippen molar-refractivity contribution in [1.29, 1.82) is 0 Å². The Balaban J connectivity index is 1.91. The Hall–Kier alpha value is -2.60. The molecule has 0 fully saturated rings. The van der Waals surface area contributed by atoms with E-state index in [1.54, 1.807) is 23.5 Å². The van der Waals surface area contributed by atoms with Crippen LogP contribution in [0.2, 0.25) is 0 Å². The third-order valence-corrected chi connectivity index (χ3v) is 6.02. The predicted octanol–water partition coefficient (Wildman–Crippen LogP) is 3.97. The van der Waals surface area contributed by atoms with E-state index < -0.39 is 0 Å². The highest BCUT2D eigenvalue weighted by Gasteiger charge is 2.20. The average Bonchev–Trinajstić information content (AvgIpc) is 3.02. The van der Waals surface area contributed by atoms with Crippen LogP contribution in [-0.4, -0.2) is 22.2 Å². The number of fused-ring (bicyclic) bond motifs is 3. The molecule has 0 spiro atoms. The number of hydrogen-bond acceptors (Lipinski definition) is 5. The summed E-state index contributed by atoms with van der Waals surface area (Å²) in [7, 11) is 1.50. The number of thiophene rings is 1. The van der Waals surface area contributed by atoms with Crippen LogP contribution < -0.4 is 10.3 Å². The standard InChI is InChI=1S/C20H20N2O3S/c1-3-6-11-9-12(10-14(25-2)17(11)23)18-21-19(24)16-13-7-4-5-8-15(13)26-20(16)22-18/h3,9-10,23H,1,4-8H2,2H3,(H,21,22,24). The van der Waals surface area contributed by atoms with Crippen molar-refractivity contribution in [1.82, 2.24) is 9.97 Å². The molecule has 0 bridgehead atoms. The molecule has 0 saturated carbocycles. The molecule has 6 heteroatoms. The van der Waals surface area contributed by atoms with Gasteiger partial charge >= 0.3 is 0 Å². The van der Waals surface area contributed by atoms with Crippen molar-refractivity contribution in [2.45, 2.75) is 32.1 Å². The lowest BCUT2D eigenvalue weighted by molar-refractivity contribution is 0.371. The molecule has 0 atom stereocenters. The molecule has 2 aromatic heterocycles. The molecular weight excluding hydrogens is 348 g/mol. The summed E-state index contributed by atoms with van der Waals surface area (Å²) in [6.45, 7) is 3.72. The molecule has 1 aromatic carbocycles. The van der Waals surface area contributed by atoms with Crippen LogP contribution in [0, 0.1) is 0 Å². The fraction of sp³-hybridized carbons (Fsp3) is 0.300. The van der Waals surface area contributed by atoms with Crippen molar-refractivity contribution in [2.24, 2.45) is 0 Å². The average molecular weight is 368 g/mol. The van der Waals surface area contributed by atoms with E-state index in [0.717, 1.165) is 29.5 Å². The largest absolute Gasteiger partial charge is 0.504 e. The highest BCUT2D eigenvalue weighted by molar-refractivity contribution is 7.18. The molecule has 3 aromatic rings. The van der Waals surface area contributed by atoms with Crippen LogP contribution in [0.15, 0.2) is 29.6 Å². The maximum absolute atomic E-state index is 12.8. The van der Waals surface area contributed by atoms with Gasteiger partial charge in [0.15, 0.2) is 11.5 Å². The first-order valence-corrected chi connectivity index (χ1v) is 9.49. The normalized spacial score (nSPS) is 13.6. The van der Waals surface area contributed by atoms with E-state index in [9.17, 15) is 9.90 Å². The quantitative estimate of drug-likeness (QED) is 0.683. The zero-order valence-corrected chi connectivity index (χ0v) is 15.4. The summed E-state index contributed by atoms with van der Waals surface area (Å²) in [5.74, 6) is 0.934. The van der Waals surface area contributed by atoms with E-state index in [4.69, 9.17) is 9.72 Å². The highest BCUT2D eigenvalue weighted by Crippen LogP contribution is 2.37. The zero-order valence-electron chi connectivity index (χ0n) is 14.6. The van der Waals surface area contributed by atoms with Crippen LogP contribution in [0.4, 0.5) is 0 Å². The fourth-order valence-electron chi connectivity index (χ4n) is 3.57. The number of phenols is 1. The van der Waals surface area contributed by atoms with E-state index in [0.29, 0.717) is 29.1 Å². The van der Waals surface area contributed by atoms with E-state index in [-0.39, 0.29) is 11.3 Å². The summed E-state index contributed by atoms with van der Waals surface area (Å²) < 4.78 is 5.28. The molecule has 2 heterocycles. The van der Waals surface area contributed by atoms with Gasteiger partial charge in [0.1, 0.15) is 10.7 Å². The van der Waals surface area contributed by atoms with Gasteiger partial charge in [-0.2, -0.15) is 0 Å². The number of H-pyrrole nitrogens is 1. The van der Waals surface area contributed by atoms with Crippen molar-refractivity contribution >= 4 is 21.6 Å². The number of nitrogens with zero attached hydrogens (tertiary/aromatic N) is 1. The molecule has 0 radical (unpaired) electrons. The van der Waals surface area contributed by atoms with Gasteiger partial charge < -0.3 is 14.8 Å².